The molecule has 0 aliphatic heterocycles. The van der Waals surface area contributed by atoms with Crippen molar-refractivity contribution < 1.29 is 9.53 Å². The lowest BCUT2D eigenvalue weighted by molar-refractivity contribution is 0.0525. The predicted octanol–water partition coefficient (Wildman–Crippen LogP) is 2.21. The van der Waals surface area contributed by atoms with Gasteiger partial charge < -0.3 is 4.74 Å². The van der Waals surface area contributed by atoms with Gasteiger partial charge in [0.25, 0.3) is 5.95 Å². The molecule has 3 aromatic rings. The van der Waals surface area contributed by atoms with Crippen molar-refractivity contribution in [2.75, 3.05) is 6.61 Å². The van der Waals surface area contributed by atoms with Gasteiger partial charge in [0.05, 0.1) is 18.0 Å². The average Bonchev–Trinajstić information content (AvgIpc) is 3.09. The van der Waals surface area contributed by atoms with E-state index >= 15 is 0 Å². The lowest BCUT2D eigenvalue weighted by atomic mass is 10.0. The van der Waals surface area contributed by atoms with Gasteiger partial charge in [-0.15, -0.1) is 0 Å². The number of esters is 1. The van der Waals surface area contributed by atoms with Crippen LogP contribution < -0.4 is 0 Å². The van der Waals surface area contributed by atoms with Crippen LogP contribution in [0.4, 0.5) is 0 Å². The van der Waals surface area contributed by atoms with Crippen LogP contribution in [0, 0.1) is 6.92 Å². The molecule has 0 amide bonds. The molecule has 7 heteroatoms. The second-order valence-corrected chi connectivity index (χ2v) is 4.76. The van der Waals surface area contributed by atoms with Crippen molar-refractivity contribution in [1.82, 2.24) is 24.7 Å². The Morgan fingerprint density at radius 1 is 1.22 bits per heavy atom. The van der Waals surface area contributed by atoms with E-state index in [4.69, 9.17) is 4.74 Å². The number of carbonyl (C=O) groups excluding carboxylic acids is 1. The summed E-state index contributed by atoms with van der Waals surface area (Å²) in [5.74, 6) is -0.0825. The average molecular weight is 309 g/mol. The summed E-state index contributed by atoms with van der Waals surface area (Å²) in [5, 5.41) is 4.04. The Kier molecular flexibility index (Phi) is 4.09. The zero-order valence-electron chi connectivity index (χ0n) is 12.8. The maximum Gasteiger partial charge on any atom is 0.342 e. The molecule has 1 aromatic carbocycles. The van der Waals surface area contributed by atoms with Crippen LogP contribution in [-0.4, -0.2) is 37.3 Å². The van der Waals surface area contributed by atoms with Gasteiger partial charge in [-0.25, -0.2) is 19.7 Å². The van der Waals surface area contributed by atoms with Crippen LogP contribution in [0.5, 0.6) is 0 Å². The maximum atomic E-state index is 12.3. The molecule has 0 fully saturated rings. The molecule has 116 valence electrons. The van der Waals surface area contributed by atoms with Gasteiger partial charge >= 0.3 is 5.97 Å². The molecule has 0 unspecified atom stereocenters. The van der Waals surface area contributed by atoms with Crippen molar-refractivity contribution in [3.8, 4) is 17.2 Å². The SMILES string of the molecule is CCOC(=O)c1c(C)nc(-n2cncn2)nc1-c1ccccc1. The summed E-state index contributed by atoms with van der Waals surface area (Å²) in [6, 6.07) is 9.44. The minimum Gasteiger partial charge on any atom is -0.462 e. The largest absolute Gasteiger partial charge is 0.462 e. The minimum atomic E-state index is -0.436. The Balaban J connectivity index is 2.21. The Morgan fingerprint density at radius 2 is 2.00 bits per heavy atom. The normalized spacial score (nSPS) is 10.5. The van der Waals surface area contributed by atoms with Crippen molar-refractivity contribution in [2.24, 2.45) is 0 Å². The van der Waals surface area contributed by atoms with Crippen LogP contribution >= 0.6 is 0 Å². The van der Waals surface area contributed by atoms with Crippen molar-refractivity contribution in [2.45, 2.75) is 13.8 Å². The summed E-state index contributed by atoms with van der Waals surface area (Å²) >= 11 is 0. The van der Waals surface area contributed by atoms with Gasteiger partial charge in [0.2, 0.25) is 0 Å². The van der Waals surface area contributed by atoms with Crippen LogP contribution in [0.2, 0.25) is 0 Å². The number of ether oxygens (including phenoxy) is 1. The highest BCUT2D eigenvalue weighted by molar-refractivity contribution is 5.97. The number of carbonyl (C=O) groups is 1. The van der Waals surface area contributed by atoms with Crippen LogP contribution in [0.3, 0.4) is 0 Å². The monoisotopic (exact) mass is 309 g/mol. The molecule has 0 radical (unpaired) electrons. The van der Waals surface area contributed by atoms with E-state index in [1.165, 1.54) is 17.3 Å². The number of hydrogen-bond acceptors (Lipinski definition) is 6. The number of benzene rings is 1. The number of aryl methyl sites for hydroxylation is 1. The fourth-order valence-electron chi connectivity index (χ4n) is 2.22. The lowest BCUT2D eigenvalue weighted by Crippen LogP contribution is -2.14. The van der Waals surface area contributed by atoms with E-state index in [2.05, 4.69) is 20.1 Å². The molecule has 2 aromatic heterocycles. The highest BCUT2D eigenvalue weighted by atomic mass is 16.5. The van der Waals surface area contributed by atoms with Gasteiger partial charge in [0, 0.05) is 5.56 Å². The topological polar surface area (TPSA) is 82.8 Å². The molecule has 0 spiro atoms. The lowest BCUT2D eigenvalue weighted by Gasteiger charge is -2.12. The zero-order chi connectivity index (χ0) is 16.2. The van der Waals surface area contributed by atoms with Crippen LogP contribution in [0.15, 0.2) is 43.0 Å². The molecule has 0 saturated carbocycles. The molecule has 0 N–H and O–H groups in total. The smallest absolute Gasteiger partial charge is 0.342 e. The Morgan fingerprint density at radius 3 is 2.65 bits per heavy atom. The van der Waals surface area contributed by atoms with Gasteiger partial charge in [-0.2, -0.15) is 9.78 Å². The number of rotatable bonds is 4. The molecule has 3 rings (SSSR count). The van der Waals surface area contributed by atoms with E-state index in [0.717, 1.165) is 5.56 Å². The van der Waals surface area contributed by atoms with E-state index in [-0.39, 0.29) is 6.61 Å². The number of nitrogens with zero attached hydrogens (tertiary/aromatic N) is 5. The van der Waals surface area contributed by atoms with Crippen LogP contribution in [0.25, 0.3) is 17.2 Å². The molecule has 0 bridgehead atoms. The summed E-state index contributed by atoms with van der Waals surface area (Å²) in [6.07, 6.45) is 2.91. The Labute approximate surface area is 133 Å². The second kappa shape index (κ2) is 6.35. The van der Waals surface area contributed by atoms with E-state index in [1.807, 2.05) is 30.3 Å². The molecule has 2 heterocycles. The summed E-state index contributed by atoms with van der Waals surface area (Å²) in [7, 11) is 0. The molecule has 0 saturated heterocycles. The third-order valence-electron chi connectivity index (χ3n) is 3.23. The highest BCUT2D eigenvalue weighted by Crippen LogP contribution is 2.25. The summed E-state index contributed by atoms with van der Waals surface area (Å²) < 4.78 is 6.60. The van der Waals surface area contributed by atoms with Crippen molar-refractivity contribution >= 4 is 5.97 Å². The predicted molar refractivity (Wildman–Crippen MR) is 83.1 cm³/mol. The molecular weight excluding hydrogens is 294 g/mol. The van der Waals surface area contributed by atoms with E-state index in [1.54, 1.807) is 13.8 Å². The fourth-order valence-corrected chi connectivity index (χ4v) is 2.22. The van der Waals surface area contributed by atoms with E-state index in [0.29, 0.717) is 22.9 Å². The molecule has 0 aliphatic rings. The van der Waals surface area contributed by atoms with Crippen LogP contribution in [-0.2, 0) is 4.74 Å². The van der Waals surface area contributed by atoms with Gasteiger partial charge in [0.1, 0.15) is 18.2 Å². The van der Waals surface area contributed by atoms with Crippen molar-refractivity contribution in [1.29, 1.82) is 0 Å². The quantitative estimate of drug-likeness (QED) is 0.687. The fraction of sp³-hybridized carbons (Fsp3) is 0.188. The molecule has 0 aliphatic carbocycles. The van der Waals surface area contributed by atoms with E-state index in [9.17, 15) is 4.79 Å². The maximum absolute atomic E-state index is 12.3. The molecular formula is C16H15N5O2. The van der Waals surface area contributed by atoms with Crippen molar-refractivity contribution in [3.63, 3.8) is 0 Å². The first-order chi connectivity index (χ1) is 11.2. The number of aromatic nitrogens is 5. The van der Waals surface area contributed by atoms with Gasteiger partial charge in [-0.1, -0.05) is 30.3 Å². The van der Waals surface area contributed by atoms with Crippen molar-refractivity contribution in [3.05, 3.63) is 54.2 Å². The van der Waals surface area contributed by atoms with E-state index < -0.39 is 5.97 Å². The molecule has 0 atom stereocenters. The first kappa shape index (κ1) is 14.8. The summed E-state index contributed by atoms with van der Waals surface area (Å²) in [5.41, 5.74) is 2.22. The van der Waals surface area contributed by atoms with Gasteiger partial charge in [0.15, 0.2) is 0 Å². The Hall–Kier alpha value is -3.09. The highest BCUT2D eigenvalue weighted by Gasteiger charge is 2.21. The van der Waals surface area contributed by atoms with Gasteiger partial charge in [-0.05, 0) is 13.8 Å². The molecule has 23 heavy (non-hydrogen) atoms. The Bertz CT molecular complexity index is 816. The number of hydrogen-bond donors (Lipinski definition) is 0. The first-order valence-electron chi connectivity index (χ1n) is 7.17. The van der Waals surface area contributed by atoms with Crippen LogP contribution in [0.1, 0.15) is 23.0 Å². The molecule has 7 nitrogen and oxygen atoms in total. The second-order valence-electron chi connectivity index (χ2n) is 4.76. The standard InChI is InChI=1S/C16H15N5O2/c1-3-23-15(22)13-11(2)19-16(21-10-17-9-18-21)20-14(13)12-7-5-4-6-8-12/h4-10H,3H2,1-2H3. The van der Waals surface area contributed by atoms with Gasteiger partial charge in [-0.3, -0.25) is 0 Å². The minimum absolute atomic E-state index is 0.289. The summed E-state index contributed by atoms with van der Waals surface area (Å²) in [4.78, 5) is 25.1. The summed E-state index contributed by atoms with van der Waals surface area (Å²) in [6.45, 7) is 3.80. The first-order valence-corrected chi connectivity index (χ1v) is 7.17. The third kappa shape index (κ3) is 2.94. The third-order valence-corrected chi connectivity index (χ3v) is 3.23. The zero-order valence-corrected chi connectivity index (χ0v) is 12.8.